The van der Waals surface area contributed by atoms with Gasteiger partial charge in [0.25, 0.3) is 0 Å². The number of benzene rings is 1. The minimum absolute atomic E-state index is 0.323. The van der Waals surface area contributed by atoms with Gasteiger partial charge in [0.05, 0.1) is 19.3 Å². The topological polar surface area (TPSA) is 47.7 Å². The van der Waals surface area contributed by atoms with E-state index in [1.165, 1.54) is 0 Å². The second-order valence-electron chi connectivity index (χ2n) is 4.86. The molecule has 4 heteroatoms. The highest BCUT2D eigenvalue weighted by Gasteiger charge is 2.15. The molecule has 1 heterocycles. The zero-order chi connectivity index (χ0) is 14.2. The van der Waals surface area contributed by atoms with Crippen LogP contribution in [0.4, 0.5) is 0 Å². The van der Waals surface area contributed by atoms with E-state index in [9.17, 15) is 0 Å². The molecule has 2 rings (SSSR count). The van der Waals surface area contributed by atoms with Gasteiger partial charge >= 0.3 is 0 Å². The number of hydrogen-bond acceptors (Lipinski definition) is 4. The van der Waals surface area contributed by atoms with Crippen LogP contribution in [-0.4, -0.2) is 50.4 Å². The largest absolute Gasteiger partial charge is 0.492 e. The SMILES string of the molecule is CC1CN(CCOc2ccc(C#CCN)cc2)CCO1. The number of nitrogens with two attached hydrogens (primary N) is 1. The highest BCUT2D eigenvalue weighted by Crippen LogP contribution is 2.12. The molecule has 1 aromatic carbocycles. The number of rotatable bonds is 4. The van der Waals surface area contributed by atoms with Crippen molar-refractivity contribution in [1.29, 1.82) is 0 Å². The summed E-state index contributed by atoms with van der Waals surface area (Å²) in [5.74, 6) is 6.70. The van der Waals surface area contributed by atoms with Crippen molar-refractivity contribution in [3.05, 3.63) is 29.8 Å². The Morgan fingerprint density at radius 1 is 1.40 bits per heavy atom. The van der Waals surface area contributed by atoms with Crippen LogP contribution in [0.1, 0.15) is 12.5 Å². The van der Waals surface area contributed by atoms with Crippen LogP contribution >= 0.6 is 0 Å². The van der Waals surface area contributed by atoms with Crippen molar-refractivity contribution < 1.29 is 9.47 Å². The van der Waals surface area contributed by atoms with E-state index in [2.05, 4.69) is 23.7 Å². The highest BCUT2D eigenvalue weighted by molar-refractivity contribution is 5.38. The van der Waals surface area contributed by atoms with Crippen molar-refractivity contribution in [2.75, 3.05) is 39.4 Å². The summed E-state index contributed by atoms with van der Waals surface area (Å²) in [5.41, 5.74) is 6.30. The first-order valence-electron chi connectivity index (χ1n) is 7.03. The number of nitrogens with zero attached hydrogens (tertiary/aromatic N) is 1. The molecular weight excluding hydrogens is 252 g/mol. The fourth-order valence-corrected chi connectivity index (χ4v) is 2.17. The summed E-state index contributed by atoms with van der Waals surface area (Å²) in [4.78, 5) is 2.37. The van der Waals surface area contributed by atoms with Crippen LogP contribution in [0.2, 0.25) is 0 Å². The Morgan fingerprint density at radius 3 is 2.90 bits per heavy atom. The van der Waals surface area contributed by atoms with Gasteiger partial charge in [0, 0.05) is 25.2 Å². The molecule has 0 bridgehead atoms. The van der Waals surface area contributed by atoms with Gasteiger partial charge in [-0.25, -0.2) is 0 Å². The van der Waals surface area contributed by atoms with Gasteiger partial charge < -0.3 is 15.2 Å². The summed E-state index contributed by atoms with van der Waals surface area (Å²) in [6.45, 7) is 6.90. The minimum atomic E-state index is 0.323. The lowest BCUT2D eigenvalue weighted by Gasteiger charge is -2.30. The second kappa shape index (κ2) is 7.91. The number of morpholine rings is 1. The lowest BCUT2D eigenvalue weighted by atomic mass is 10.2. The molecule has 0 amide bonds. The van der Waals surface area contributed by atoms with Crippen molar-refractivity contribution in [2.45, 2.75) is 13.0 Å². The molecule has 1 aromatic rings. The fourth-order valence-electron chi connectivity index (χ4n) is 2.17. The van der Waals surface area contributed by atoms with E-state index in [0.29, 0.717) is 19.3 Å². The Hall–Kier alpha value is -1.54. The average molecular weight is 274 g/mol. The molecule has 0 spiro atoms. The summed E-state index contributed by atoms with van der Waals surface area (Å²) >= 11 is 0. The monoisotopic (exact) mass is 274 g/mol. The predicted molar refractivity (Wildman–Crippen MR) is 79.7 cm³/mol. The van der Waals surface area contributed by atoms with E-state index >= 15 is 0 Å². The molecular formula is C16H22N2O2. The second-order valence-corrected chi connectivity index (χ2v) is 4.86. The van der Waals surface area contributed by atoms with Crippen LogP contribution in [-0.2, 0) is 4.74 Å². The zero-order valence-electron chi connectivity index (χ0n) is 12.0. The Kier molecular flexibility index (Phi) is 5.87. The molecule has 1 saturated heterocycles. The first-order valence-corrected chi connectivity index (χ1v) is 7.03. The van der Waals surface area contributed by atoms with Gasteiger partial charge in [-0.1, -0.05) is 11.8 Å². The van der Waals surface area contributed by atoms with E-state index in [1.807, 2.05) is 24.3 Å². The van der Waals surface area contributed by atoms with Crippen LogP contribution in [0.5, 0.6) is 5.75 Å². The molecule has 0 aliphatic carbocycles. The average Bonchev–Trinajstić information content (AvgIpc) is 2.46. The summed E-state index contributed by atoms with van der Waals surface area (Å²) in [6.07, 6.45) is 0.323. The number of hydrogen-bond donors (Lipinski definition) is 1. The lowest BCUT2D eigenvalue weighted by Crippen LogP contribution is -2.42. The van der Waals surface area contributed by atoms with Gasteiger partial charge in [0.15, 0.2) is 0 Å². The van der Waals surface area contributed by atoms with Gasteiger partial charge in [0.1, 0.15) is 12.4 Å². The van der Waals surface area contributed by atoms with E-state index in [-0.39, 0.29) is 0 Å². The van der Waals surface area contributed by atoms with Crippen LogP contribution in [0, 0.1) is 11.8 Å². The van der Waals surface area contributed by atoms with E-state index in [4.69, 9.17) is 15.2 Å². The molecule has 0 radical (unpaired) electrons. The Bertz CT molecular complexity index is 462. The Balaban J connectivity index is 1.73. The standard InChI is InChI=1S/C16H22N2O2/c1-14-13-18(9-11-19-14)10-12-20-16-6-4-15(5-7-16)3-2-8-17/h4-7,14H,8-13,17H2,1H3. The summed E-state index contributed by atoms with van der Waals surface area (Å²) in [7, 11) is 0. The van der Waals surface area contributed by atoms with Crippen LogP contribution in [0.25, 0.3) is 0 Å². The van der Waals surface area contributed by atoms with E-state index < -0.39 is 0 Å². The lowest BCUT2D eigenvalue weighted by molar-refractivity contribution is -0.0214. The molecule has 20 heavy (non-hydrogen) atoms. The maximum Gasteiger partial charge on any atom is 0.119 e. The normalized spacial score (nSPS) is 19.2. The maximum absolute atomic E-state index is 5.75. The van der Waals surface area contributed by atoms with E-state index in [0.717, 1.165) is 37.6 Å². The molecule has 0 saturated carbocycles. The van der Waals surface area contributed by atoms with Crippen molar-refractivity contribution in [3.8, 4) is 17.6 Å². The molecule has 108 valence electrons. The van der Waals surface area contributed by atoms with Gasteiger partial charge in [0.2, 0.25) is 0 Å². The van der Waals surface area contributed by atoms with Crippen molar-refractivity contribution in [1.82, 2.24) is 4.90 Å². The zero-order valence-corrected chi connectivity index (χ0v) is 12.0. The van der Waals surface area contributed by atoms with Crippen LogP contribution in [0.3, 0.4) is 0 Å². The minimum Gasteiger partial charge on any atom is -0.492 e. The first-order chi connectivity index (χ1) is 9.78. The maximum atomic E-state index is 5.75. The van der Waals surface area contributed by atoms with Gasteiger partial charge in [-0.3, -0.25) is 4.90 Å². The summed E-state index contributed by atoms with van der Waals surface area (Å²) in [5, 5.41) is 0. The van der Waals surface area contributed by atoms with Crippen LogP contribution in [0.15, 0.2) is 24.3 Å². The molecule has 1 aliphatic rings. The Morgan fingerprint density at radius 2 is 2.20 bits per heavy atom. The van der Waals surface area contributed by atoms with E-state index in [1.54, 1.807) is 0 Å². The highest BCUT2D eigenvalue weighted by atomic mass is 16.5. The number of ether oxygens (including phenoxy) is 2. The molecule has 0 aromatic heterocycles. The van der Waals surface area contributed by atoms with Crippen molar-refractivity contribution in [2.24, 2.45) is 5.73 Å². The third-order valence-corrected chi connectivity index (χ3v) is 3.19. The third-order valence-electron chi connectivity index (χ3n) is 3.19. The van der Waals surface area contributed by atoms with Crippen LogP contribution < -0.4 is 10.5 Å². The fraction of sp³-hybridized carbons (Fsp3) is 0.500. The quantitative estimate of drug-likeness (QED) is 0.835. The molecule has 1 atom stereocenters. The van der Waals surface area contributed by atoms with Gasteiger partial charge in [-0.15, -0.1) is 0 Å². The van der Waals surface area contributed by atoms with Gasteiger partial charge in [-0.2, -0.15) is 0 Å². The molecule has 1 unspecified atom stereocenters. The third kappa shape index (κ3) is 4.86. The summed E-state index contributed by atoms with van der Waals surface area (Å²) < 4.78 is 11.3. The molecule has 2 N–H and O–H groups in total. The van der Waals surface area contributed by atoms with Gasteiger partial charge in [-0.05, 0) is 31.2 Å². The summed E-state index contributed by atoms with van der Waals surface area (Å²) in [6, 6.07) is 7.80. The predicted octanol–water partition coefficient (Wildman–Crippen LogP) is 1.10. The van der Waals surface area contributed by atoms with Crippen molar-refractivity contribution >= 4 is 0 Å². The molecule has 4 nitrogen and oxygen atoms in total. The Labute approximate surface area is 120 Å². The van der Waals surface area contributed by atoms with Crippen molar-refractivity contribution in [3.63, 3.8) is 0 Å². The first kappa shape index (κ1) is 14.9. The molecule has 1 fully saturated rings. The smallest absolute Gasteiger partial charge is 0.119 e. The molecule has 1 aliphatic heterocycles.